The number of halogens is 1. The highest BCUT2D eigenvalue weighted by Crippen LogP contribution is 2.16. The first-order valence-corrected chi connectivity index (χ1v) is 11.9. The highest BCUT2D eigenvalue weighted by Gasteiger charge is 2.30. The summed E-state index contributed by atoms with van der Waals surface area (Å²) in [4.78, 5) is 43.1. The Kier molecular flexibility index (Phi) is 17.2. The summed E-state index contributed by atoms with van der Waals surface area (Å²) in [5.41, 5.74) is 3.36. The lowest BCUT2D eigenvalue weighted by Gasteiger charge is -2.37. The lowest BCUT2D eigenvalue weighted by atomic mass is 10.0. The summed E-state index contributed by atoms with van der Waals surface area (Å²) >= 11 is 6.14. The molecule has 34 heavy (non-hydrogen) atoms. The summed E-state index contributed by atoms with van der Waals surface area (Å²) in [7, 11) is 3.40. The van der Waals surface area contributed by atoms with E-state index in [0.29, 0.717) is 23.1 Å². The smallest absolute Gasteiger partial charge is 0.267 e. The molecule has 1 heterocycles. The number of carbonyl (C=O) groups is 3. The van der Waals surface area contributed by atoms with Crippen LogP contribution in [0.15, 0.2) is 27.9 Å². The molecule has 10 heteroatoms. The fourth-order valence-corrected chi connectivity index (χ4v) is 3.09. The molecule has 0 aromatic carbocycles. The van der Waals surface area contributed by atoms with E-state index in [9.17, 15) is 14.4 Å². The Morgan fingerprint density at radius 1 is 1.29 bits per heavy atom. The number of aldehydes is 1. The Labute approximate surface area is 208 Å². The van der Waals surface area contributed by atoms with E-state index in [2.05, 4.69) is 40.9 Å². The van der Waals surface area contributed by atoms with Gasteiger partial charge in [-0.05, 0) is 64.3 Å². The number of aliphatic imine (C=N–C) groups is 1. The van der Waals surface area contributed by atoms with E-state index < -0.39 is 5.91 Å². The molecule has 2 atom stereocenters. The number of carbonyl (C=O) groups excluding carboxylic acids is 3. The van der Waals surface area contributed by atoms with Crippen molar-refractivity contribution in [1.29, 1.82) is 0 Å². The number of ether oxygens (including phenoxy) is 1. The third-order valence-corrected chi connectivity index (χ3v) is 5.52. The SMILES string of the molecule is CC/C(C)=C(Cl)/N=C(\C)C(=O)N[C@@H]1CCN(C)C[C@@H]1OCCC(C)C.CONC(=O)/C=C/C=O. The van der Waals surface area contributed by atoms with E-state index in [-0.39, 0.29) is 18.1 Å². The molecule has 1 fully saturated rings. The lowest BCUT2D eigenvalue weighted by molar-refractivity contribution is -0.126. The predicted octanol–water partition coefficient (Wildman–Crippen LogP) is 3.00. The van der Waals surface area contributed by atoms with E-state index in [1.54, 1.807) is 6.92 Å². The van der Waals surface area contributed by atoms with Crippen LogP contribution in [0.5, 0.6) is 0 Å². The van der Waals surface area contributed by atoms with Crippen LogP contribution in [0.3, 0.4) is 0 Å². The maximum Gasteiger partial charge on any atom is 0.267 e. The van der Waals surface area contributed by atoms with Gasteiger partial charge >= 0.3 is 0 Å². The van der Waals surface area contributed by atoms with Crippen molar-refractivity contribution in [2.75, 3.05) is 33.9 Å². The molecule has 0 radical (unpaired) electrons. The molecule has 1 rings (SSSR count). The Balaban J connectivity index is 0.00000102. The molecular formula is C24H41ClN4O5. The van der Waals surface area contributed by atoms with E-state index in [1.165, 1.54) is 7.11 Å². The van der Waals surface area contributed by atoms with Crippen molar-refractivity contribution in [1.82, 2.24) is 15.7 Å². The first-order chi connectivity index (χ1) is 16.0. The van der Waals surface area contributed by atoms with Gasteiger partial charge in [-0.3, -0.25) is 19.2 Å². The highest BCUT2D eigenvalue weighted by atomic mass is 35.5. The number of hydrogen-bond acceptors (Lipinski definition) is 7. The molecule has 2 amide bonds. The van der Waals surface area contributed by atoms with Gasteiger partial charge in [0.05, 0.1) is 19.3 Å². The highest BCUT2D eigenvalue weighted by molar-refractivity contribution is 6.40. The summed E-state index contributed by atoms with van der Waals surface area (Å²) in [5.74, 6) is -0.0156. The average Bonchev–Trinajstić information content (AvgIpc) is 2.79. The van der Waals surface area contributed by atoms with Crippen LogP contribution in [0.4, 0.5) is 0 Å². The minimum absolute atomic E-state index is 0.0102. The molecule has 0 spiro atoms. The summed E-state index contributed by atoms with van der Waals surface area (Å²) < 4.78 is 6.06. The van der Waals surface area contributed by atoms with Crippen molar-refractivity contribution in [2.24, 2.45) is 10.9 Å². The number of amides is 2. The van der Waals surface area contributed by atoms with E-state index in [4.69, 9.17) is 16.3 Å². The van der Waals surface area contributed by atoms with Gasteiger partial charge in [0, 0.05) is 19.2 Å². The first kappa shape index (κ1) is 31.9. The van der Waals surface area contributed by atoms with Gasteiger partial charge in [0.2, 0.25) is 0 Å². The van der Waals surface area contributed by atoms with E-state index in [1.807, 2.05) is 19.3 Å². The molecule has 0 unspecified atom stereocenters. The molecule has 194 valence electrons. The molecule has 0 aromatic heterocycles. The van der Waals surface area contributed by atoms with Crippen molar-refractivity contribution in [3.05, 3.63) is 22.9 Å². The maximum atomic E-state index is 12.5. The second-order valence-electron chi connectivity index (χ2n) is 8.51. The average molecular weight is 501 g/mol. The van der Waals surface area contributed by atoms with Gasteiger partial charge in [0.15, 0.2) is 0 Å². The largest absolute Gasteiger partial charge is 0.375 e. The number of allylic oxidation sites excluding steroid dienone is 2. The van der Waals surface area contributed by atoms with Gasteiger partial charge in [0.1, 0.15) is 17.2 Å². The maximum absolute atomic E-state index is 12.5. The van der Waals surface area contributed by atoms with Gasteiger partial charge < -0.3 is 15.0 Å². The molecule has 9 nitrogen and oxygen atoms in total. The van der Waals surface area contributed by atoms with Crippen LogP contribution in [-0.2, 0) is 24.0 Å². The number of rotatable bonds is 11. The molecule has 2 N–H and O–H groups in total. The fraction of sp³-hybridized carbons (Fsp3) is 0.667. The third-order valence-electron chi connectivity index (χ3n) is 5.11. The molecule has 0 aliphatic carbocycles. The normalized spacial score (nSPS) is 19.9. The number of likely N-dealkylation sites (N-methyl/N-ethyl adjacent to an activating group) is 1. The summed E-state index contributed by atoms with van der Waals surface area (Å²) in [6.45, 7) is 12.5. The zero-order chi connectivity index (χ0) is 26.1. The molecule has 1 aliphatic heterocycles. The lowest BCUT2D eigenvalue weighted by Crippen LogP contribution is -2.55. The second kappa shape index (κ2) is 18.3. The monoisotopic (exact) mass is 500 g/mol. The van der Waals surface area contributed by atoms with Crippen LogP contribution in [0.25, 0.3) is 0 Å². The van der Waals surface area contributed by atoms with Crippen molar-refractivity contribution >= 4 is 35.4 Å². The summed E-state index contributed by atoms with van der Waals surface area (Å²) in [6.07, 6.45) is 5.38. The van der Waals surface area contributed by atoms with Gasteiger partial charge in [-0.15, -0.1) is 0 Å². The van der Waals surface area contributed by atoms with Crippen LogP contribution < -0.4 is 10.8 Å². The van der Waals surface area contributed by atoms with Crippen molar-refractivity contribution in [3.63, 3.8) is 0 Å². The first-order valence-electron chi connectivity index (χ1n) is 11.5. The van der Waals surface area contributed by atoms with Crippen LogP contribution in [0.2, 0.25) is 0 Å². The van der Waals surface area contributed by atoms with Gasteiger partial charge in [-0.1, -0.05) is 32.4 Å². The van der Waals surface area contributed by atoms with Gasteiger partial charge in [-0.25, -0.2) is 10.5 Å². The molecular weight excluding hydrogens is 460 g/mol. The van der Waals surface area contributed by atoms with Gasteiger partial charge in [0.25, 0.3) is 11.8 Å². The Bertz CT molecular complexity index is 737. The van der Waals surface area contributed by atoms with Crippen LogP contribution >= 0.6 is 11.6 Å². The van der Waals surface area contributed by atoms with E-state index in [0.717, 1.165) is 56.7 Å². The molecule has 0 aromatic rings. The number of hydroxylamine groups is 1. The van der Waals surface area contributed by atoms with Crippen molar-refractivity contribution < 1.29 is 24.0 Å². The Morgan fingerprint density at radius 2 is 1.97 bits per heavy atom. The minimum atomic E-state index is -0.454. The van der Waals surface area contributed by atoms with Crippen LogP contribution in [0, 0.1) is 5.92 Å². The van der Waals surface area contributed by atoms with Crippen molar-refractivity contribution in [3.8, 4) is 0 Å². The number of nitrogens with one attached hydrogen (secondary N) is 2. The third kappa shape index (κ3) is 14.2. The second-order valence-corrected chi connectivity index (χ2v) is 8.87. The van der Waals surface area contributed by atoms with Crippen molar-refractivity contribution in [2.45, 2.75) is 66.0 Å². The fourth-order valence-electron chi connectivity index (χ4n) is 2.83. The number of piperidine rings is 1. The van der Waals surface area contributed by atoms with E-state index >= 15 is 0 Å². The molecule has 1 saturated heterocycles. The Hall–Kier alpha value is -2.07. The minimum Gasteiger partial charge on any atom is -0.375 e. The number of hydrogen-bond donors (Lipinski definition) is 2. The van der Waals surface area contributed by atoms with Crippen LogP contribution in [-0.4, -0.2) is 74.7 Å². The standard InChI is InChI=1S/C19H34ClN3O2.C5H7NO3/c1-7-14(4)18(20)21-15(5)19(24)22-16-8-10-23(6)12-17(16)25-11-9-13(2)3;1-9-6-5(8)3-2-4-7/h13,16-17H,7-12H2,1-6H3,(H,22,24);2-4H,1H3,(H,6,8)/b18-14+,21-15+;3-2+/t16-,17+;/m1./s1. The Morgan fingerprint density at radius 3 is 2.53 bits per heavy atom. The summed E-state index contributed by atoms with van der Waals surface area (Å²) in [5, 5.41) is 3.49. The zero-order valence-corrected chi connectivity index (χ0v) is 22.3. The zero-order valence-electron chi connectivity index (χ0n) is 21.5. The van der Waals surface area contributed by atoms with Gasteiger partial charge in [-0.2, -0.15) is 0 Å². The van der Waals surface area contributed by atoms with Crippen LogP contribution in [0.1, 0.15) is 53.9 Å². The topological polar surface area (TPSA) is 109 Å². The molecule has 1 aliphatic rings. The quantitative estimate of drug-likeness (QED) is 0.148. The molecule has 0 bridgehead atoms. The number of nitrogens with zero attached hydrogens (tertiary/aromatic N) is 2. The number of likely N-dealkylation sites (tertiary alicyclic amines) is 1. The summed E-state index contributed by atoms with van der Waals surface area (Å²) in [6, 6.07) is 0.0102. The molecule has 0 saturated carbocycles. The predicted molar refractivity (Wildman–Crippen MR) is 136 cm³/mol.